The third kappa shape index (κ3) is 4.58. The van der Waals surface area contributed by atoms with Gasteiger partial charge in [0.1, 0.15) is 0 Å². The molecule has 0 aliphatic rings. The lowest BCUT2D eigenvalue weighted by Crippen LogP contribution is -2.23. The molecule has 0 atom stereocenters. The number of para-hydroxylation sites is 1. The SMILES string of the molecule is CCn1c(SCC(=O)Nc2cccc(NC(C)=O)c2)nc2ccccc2c1=O. The summed E-state index contributed by atoms with van der Waals surface area (Å²) in [5, 5.41) is 6.53. The smallest absolute Gasteiger partial charge is 0.262 e. The molecule has 0 saturated heterocycles. The van der Waals surface area contributed by atoms with Crippen LogP contribution in [0.1, 0.15) is 13.8 Å². The number of rotatable bonds is 6. The predicted molar refractivity (Wildman–Crippen MR) is 112 cm³/mol. The number of carbonyl (C=O) groups is 2. The van der Waals surface area contributed by atoms with Gasteiger partial charge >= 0.3 is 0 Å². The Kier molecular flexibility index (Phi) is 6.10. The van der Waals surface area contributed by atoms with Crippen molar-refractivity contribution in [2.45, 2.75) is 25.5 Å². The van der Waals surface area contributed by atoms with Gasteiger partial charge in [-0.2, -0.15) is 0 Å². The summed E-state index contributed by atoms with van der Waals surface area (Å²) in [6, 6.07) is 14.1. The minimum Gasteiger partial charge on any atom is -0.326 e. The number of fused-ring (bicyclic) bond motifs is 1. The fourth-order valence-electron chi connectivity index (χ4n) is 2.74. The number of nitrogens with one attached hydrogen (secondary N) is 2. The summed E-state index contributed by atoms with van der Waals surface area (Å²) in [6.45, 7) is 3.76. The lowest BCUT2D eigenvalue weighted by atomic mass is 10.2. The van der Waals surface area contributed by atoms with Gasteiger partial charge in [-0.1, -0.05) is 30.0 Å². The van der Waals surface area contributed by atoms with Gasteiger partial charge in [0.15, 0.2) is 5.16 Å². The van der Waals surface area contributed by atoms with E-state index in [0.717, 1.165) is 0 Å². The molecule has 3 rings (SSSR count). The van der Waals surface area contributed by atoms with Gasteiger partial charge in [-0.05, 0) is 37.3 Å². The highest BCUT2D eigenvalue weighted by Crippen LogP contribution is 2.19. The van der Waals surface area contributed by atoms with Gasteiger partial charge in [-0.3, -0.25) is 19.0 Å². The number of hydrogen-bond donors (Lipinski definition) is 2. The van der Waals surface area contributed by atoms with E-state index in [9.17, 15) is 14.4 Å². The first-order chi connectivity index (χ1) is 13.5. The van der Waals surface area contributed by atoms with Crippen molar-refractivity contribution in [2.75, 3.05) is 16.4 Å². The van der Waals surface area contributed by atoms with Crippen LogP contribution in [0.2, 0.25) is 0 Å². The van der Waals surface area contributed by atoms with Crippen molar-refractivity contribution in [2.24, 2.45) is 0 Å². The molecule has 0 bridgehead atoms. The summed E-state index contributed by atoms with van der Waals surface area (Å²) >= 11 is 1.21. The predicted octanol–water partition coefficient (Wildman–Crippen LogP) is 3.11. The van der Waals surface area contributed by atoms with E-state index in [2.05, 4.69) is 15.6 Å². The minimum absolute atomic E-state index is 0.106. The third-order valence-electron chi connectivity index (χ3n) is 3.94. The molecule has 1 heterocycles. The molecule has 1 aromatic heterocycles. The summed E-state index contributed by atoms with van der Waals surface area (Å²) in [5.74, 6) is -0.302. The fourth-order valence-corrected chi connectivity index (χ4v) is 3.60. The summed E-state index contributed by atoms with van der Waals surface area (Å²) in [5.41, 5.74) is 1.69. The van der Waals surface area contributed by atoms with Crippen LogP contribution < -0.4 is 16.2 Å². The molecule has 0 spiro atoms. The molecule has 0 unspecified atom stereocenters. The topological polar surface area (TPSA) is 93.1 Å². The molecule has 0 aliphatic heterocycles. The minimum atomic E-state index is -0.227. The van der Waals surface area contributed by atoms with Crippen molar-refractivity contribution in [1.82, 2.24) is 9.55 Å². The summed E-state index contributed by atoms with van der Waals surface area (Å²) < 4.78 is 1.57. The van der Waals surface area contributed by atoms with Crippen LogP contribution in [-0.4, -0.2) is 27.1 Å². The van der Waals surface area contributed by atoms with Gasteiger partial charge in [-0.25, -0.2) is 4.98 Å². The van der Waals surface area contributed by atoms with Crippen LogP contribution in [0, 0.1) is 0 Å². The Balaban J connectivity index is 1.73. The number of nitrogens with zero attached hydrogens (tertiary/aromatic N) is 2. The van der Waals surface area contributed by atoms with E-state index in [0.29, 0.717) is 34.0 Å². The Morgan fingerprint density at radius 3 is 2.50 bits per heavy atom. The van der Waals surface area contributed by atoms with E-state index in [4.69, 9.17) is 0 Å². The average Bonchev–Trinajstić information content (AvgIpc) is 2.66. The Bertz CT molecular complexity index is 1090. The summed E-state index contributed by atoms with van der Waals surface area (Å²) in [7, 11) is 0. The highest BCUT2D eigenvalue weighted by atomic mass is 32.2. The molecule has 8 heteroatoms. The first-order valence-corrected chi connectivity index (χ1v) is 9.76. The summed E-state index contributed by atoms with van der Waals surface area (Å²) in [6.07, 6.45) is 0. The molecule has 0 saturated carbocycles. The van der Waals surface area contributed by atoms with Gasteiger partial charge in [0.25, 0.3) is 5.56 Å². The van der Waals surface area contributed by atoms with Crippen LogP contribution in [-0.2, 0) is 16.1 Å². The lowest BCUT2D eigenvalue weighted by Gasteiger charge is -2.11. The molecule has 144 valence electrons. The van der Waals surface area contributed by atoms with E-state index in [1.54, 1.807) is 47.0 Å². The Hall–Kier alpha value is -3.13. The Morgan fingerprint density at radius 2 is 1.79 bits per heavy atom. The Labute approximate surface area is 166 Å². The van der Waals surface area contributed by atoms with Crippen molar-refractivity contribution in [1.29, 1.82) is 0 Å². The van der Waals surface area contributed by atoms with Crippen molar-refractivity contribution < 1.29 is 9.59 Å². The van der Waals surface area contributed by atoms with E-state index < -0.39 is 0 Å². The maximum atomic E-state index is 12.6. The second-order valence-electron chi connectivity index (χ2n) is 6.06. The van der Waals surface area contributed by atoms with Crippen molar-refractivity contribution in [3.05, 3.63) is 58.9 Å². The van der Waals surface area contributed by atoms with Gasteiger partial charge in [0.05, 0.1) is 16.7 Å². The van der Waals surface area contributed by atoms with Crippen LogP contribution in [0.25, 0.3) is 10.9 Å². The van der Waals surface area contributed by atoms with E-state index in [-0.39, 0.29) is 23.1 Å². The molecule has 0 radical (unpaired) electrons. The van der Waals surface area contributed by atoms with Crippen molar-refractivity contribution in [3.63, 3.8) is 0 Å². The number of anilines is 2. The highest BCUT2D eigenvalue weighted by Gasteiger charge is 2.12. The lowest BCUT2D eigenvalue weighted by molar-refractivity contribution is -0.114. The Morgan fingerprint density at radius 1 is 1.07 bits per heavy atom. The van der Waals surface area contributed by atoms with Crippen LogP contribution in [0.15, 0.2) is 58.5 Å². The monoisotopic (exact) mass is 396 g/mol. The number of amides is 2. The maximum Gasteiger partial charge on any atom is 0.262 e. The molecular weight excluding hydrogens is 376 g/mol. The van der Waals surface area contributed by atoms with Crippen LogP contribution in [0.4, 0.5) is 11.4 Å². The highest BCUT2D eigenvalue weighted by molar-refractivity contribution is 7.99. The molecule has 2 amide bonds. The molecular formula is C20H20N4O3S. The zero-order valence-electron chi connectivity index (χ0n) is 15.6. The van der Waals surface area contributed by atoms with Gasteiger partial charge in [0, 0.05) is 24.8 Å². The van der Waals surface area contributed by atoms with Gasteiger partial charge in [0.2, 0.25) is 11.8 Å². The van der Waals surface area contributed by atoms with E-state index >= 15 is 0 Å². The standard InChI is InChI=1S/C20H20N4O3S/c1-3-24-19(27)16-9-4-5-10-17(16)23-20(24)28-12-18(26)22-15-8-6-7-14(11-15)21-13(2)25/h4-11H,3,12H2,1-2H3,(H,21,25)(H,22,26). The van der Waals surface area contributed by atoms with Crippen LogP contribution in [0.5, 0.6) is 0 Å². The molecule has 0 fully saturated rings. The molecule has 28 heavy (non-hydrogen) atoms. The number of carbonyl (C=O) groups excluding carboxylic acids is 2. The van der Waals surface area contributed by atoms with Crippen LogP contribution >= 0.6 is 11.8 Å². The first-order valence-electron chi connectivity index (χ1n) is 8.78. The first kappa shape index (κ1) is 19.6. The van der Waals surface area contributed by atoms with Crippen LogP contribution in [0.3, 0.4) is 0 Å². The van der Waals surface area contributed by atoms with Gasteiger partial charge in [-0.15, -0.1) is 0 Å². The molecule has 2 N–H and O–H groups in total. The van der Waals surface area contributed by atoms with E-state index in [1.807, 2.05) is 13.0 Å². The number of benzene rings is 2. The number of aromatic nitrogens is 2. The molecule has 3 aromatic rings. The quantitative estimate of drug-likeness (QED) is 0.493. The number of hydrogen-bond acceptors (Lipinski definition) is 5. The molecule has 7 nitrogen and oxygen atoms in total. The van der Waals surface area contributed by atoms with Gasteiger partial charge < -0.3 is 10.6 Å². The third-order valence-corrected chi connectivity index (χ3v) is 4.92. The molecule has 2 aromatic carbocycles. The largest absolute Gasteiger partial charge is 0.326 e. The molecule has 0 aliphatic carbocycles. The second-order valence-corrected chi connectivity index (χ2v) is 7.00. The summed E-state index contributed by atoms with van der Waals surface area (Å²) in [4.78, 5) is 40.6. The van der Waals surface area contributed by atoms with Crippen molar-refractivity contribution >= 4 is 45.9 Å². The normalized spacial score (nSPS) is 10.6. The van der Waals surface area contributed by atoms with E-state index in [1.165, 1.54) is 18.7 Å². The zero-order chi connectivity index (χ0) is 20.1. The second kappa shape index (κ2) is 8.71. The van der Waals surface area contributed by atoms with Crippen molar-refractivity contribution in [3.8, 4) is 0 Å². The maximum absolute atomic E-state index is 12.6. The number of thioether (sulfide) groups is 1. The average molecular weight is 396 g/mol. The fraction of sp³-hybridized carbons (Fsp3) is 0.200. The zero-order valence-corrected chi connectivity index (χ0v) is 16.4.